The molecule has 0 unspecified atom stereocenters. The fourth-order valence-corrected chi connectivity index (χ4v) is 5.37. The lowest BCUT2D eigenvalue weighted by molar-refractivity contribution is -0.712. The minimum absolute atomic E-state index is 0.270. The quantitative estimate of drug-likeness (QED) is 0.266. The van der Waals surface area contributed by atoms with E-state index in [2.05, 4.69) is 58.0 Å². The van der Waals surface area contributed by atoms with Gasteiger partial charge in [-0.05, 0) is 55.8 Å². The molecule has 0 spiro atoms. The van der Waals surface area contributed by atoms with Crippen LogP contribution in [-0.4, -0.2) is 39.0 Å². The van der Waals surface area contributed by atoms with Crippen LogP contribution in [0, 0.1) is 0 Å². The zero-order chi connectivity index (χ0) is 26.5. The molecule has 2 N–H and O–H groups in total. The predicted molar refractivity (Wildman–Crippen MR) is 145 cm³/mol. The zero-order valence-electron chi connectivity index (χ0n) is 21.7. The fourth-order valence-electron chi connectivity index (χ4n) is 3.70. The van der Waals surface area contributed by atoms with Gasteiger partial charge in [-0.25, -0.2) is 8.42 Å². The van der Waals surface area contributed by atoms with Gasteiger partial charge in [-0.2, -0.15) is 0 Å². The molecule has 1 aromatic heterocycles. The normalized spacial score (nSPS) is 11.9. The summed E-state index contributed by atoms with van der Waals surface area (Å²) in [5, 5.41) is 18.1. The fraction of sp³-hybridized carbons (Fsp3) is 0.417. The van der Waals surface area contributed by atoms with Crippen LogP contribution in [-0.2, 0) is 23.6 Å². The molecule has 3 rings (SSSR count). The van der Waals surface area contributed by atoms with E-state index in [0.29, 0.717) is 28.8 Å². The van der Waals surface area contributed by atoms with Gasteiger partial charge in [0.25, 0.3) is 0 Å². The van der Waals surface area contributed by atoms with E-state index in [0.717, 1.165) is 17.0 Å². The Morgan fingerprint density at radius 3 is 2.33 bits per heavy atom. The van der Waals surface area contributed by atoms with Crippen LogP contribution < -0.4 is 24.4 Å². The van der Waals surface area contributed by atoms with Crippen LogP contribution in [0.5, 0.6) is 5.75 Å². The van der Waals surface area contributed by atoms with Crippen LogP contribution in [0.1, 0.15) is 33.3 Å². The van der Waals surface area contributed by atoms with Crippen molar-refractivity contribution in [2.75, 3.05) is 28.3 Å². The molecule has 0 aliphatic heterocycles. The molecule has 12 heteroatoms. The number of nitrogens with zero attached hydrogens (tertiary/aromatic N) is 5. The molecule has 0 fully saturated rings. The predicted octanol–water partition coefficient (Wildman–Crippen LogP) is 5.00. The number of sulfonamides is 1. The number of hydrogen-bond donors (Lipinski definition) is 2. The van der Waals surface area contributed by atoms with Crippen molar-refractivity contribution in [1.29, 1.82) is 0 Å². The van der Waals surface area contributed by atoms with Gasteiger partial charge in [0.1, 0.15) is 18.5 Å². The van der Waals surface area contributed by atoms with E-state index >= 15 is 0 Å². The second kappa shape index (κ2) is 11.7. The molecule has 1 heterocycles. The number of rotatable bonds is 11. The van der Waals surface area contributed by atoms with Crippen LogP contribution in [0.4, 0.5) is 27.3 Å². The second-order valence-electron chi connectivity index (χ2n) is 8.87. The molecule has 0 aliphatic rings. The third-order valence-corrected chi connectivity index (χ3v) is 6.80. The molecule has 0 saturated heterocycles. The smallest absolute Gasteiger partial charge is 0.431 e. The maximum absolute atomic E-state index is 12.1. The molecule has 0 atom stereocenters. The Balaban J connectivity index is 1.97. The van der Waals surface area contributed by atoms with E-state index in [1.54, 1.807) is 31.0 Å². The second-order valence-corrected chi connectivity index (χ2v) is 11.6. The molecule has 194 valence electrons. The Morgan fingerprint density at radius 2 is 1.75 bits per heavy atom. The standard InChI is InChI=1S/C24H33N7O3S2/c1-16(2)31(17(3)4)24-28-30(5)23(35-24)27-26-19-14-22(34-6)21(13-20(19)29-36(7,32)33)25-15-18-11-9-8-10-12-18/h8-14,16-17H,15H2,1-7H3,(H,25,29)/p+1. The summed E-state index contributed by atoms with van der Waals surface area (Å²) in [6.45, 7) is 9.01. The maximum Gasteiger partial charge on any atom is 0.431 e. The van der Waals surface area contributed by atoms with Crippen molar-refractivity contribution in [3.63, 3.8) is 0 Å². The highest BCUT2D eigenvalue weighted by Crippen LogP contribution is 2.38. The van der Waals surface area contributed by atoms with E-state index in [-0.39, 0.29) is 17.8 Å². The van der Waals surface area contributed by atoms with Gasteiger partial charge in [-0.3, -0.25) is 4.72 Å². The van der Waals surface area contributed by atoms with E-state index in [9.17, 15) is 8.42 Å². The average Bonchev–Trinajstić information content (AvgIpc) is 3.15. The highest BCUT2D eigenvalue weighted by molar-refractivity contribution is 7.92. The van der Waals surface area contributed by atoms with Gasteiger partial charge < -0.3 is 15.0 Å². The summed E-state index contributed by atoms with van der Waals surface area (Å²) in [7, 11) is -0.206. The van der Waals surface area contributed by atoms with Gasteiger partial charge >= 0.3 is 5.13 Å². The number of hydrogen-bond acceptors (Lipinski definition) is 9. The molecule has 0 amide bonds. The molecular weight excluding hydrogens is 498 g/mol. The Labute approximate surface area is 217 Å². The van der Waals surface area contributed by atoms with Crippen molar-refractivity contribution in [2.45, 2.75) is 46.3 Å². The first kappa shape index (κ1) is 27.3. The molecule has 0 aliphatic carbocycles. The van der Waals surface area contributed by atoms with Crippen LogP contribution in [0.3, 0.4) is 0 Å². The summed E-state index contributed by atoms with van der Waals surface area (Å²) in [6.07, 6.45) is 1.09. The Morgan fingerprint density at radius 1 is 1.08 bits per heavy atom. The molecule has 0 radical (unpaired) electrons. The van der Waals surface area contributed by atoms with Crippen molar-refractivity contribution in [3.05, 3.63) is 48.0 Å². The molecule has 2 aromatic carbocycles. The first-order valence-corrected chi connectivity index (χ1v) is 14.2. The highest BCUT2D eigenvalue weighted by Gasteiger charge is 2.24. The van der Waals surface area contributed by atoms with Gasteiger partial charge in [0.15, 0.2) is 0 Å². The highest BCUT2D eigenvalue weighted by atomic mass is 32.2. The van der Waals surface area contributed by atoms with E-state index in [1.165, 1.54) is 11.3 Å². The van der Waals surface area contributed by atoms with Crippen LogP contribution in [0.2, 0.25) is 0 Å². The van der Waals surface area contributed by atoms with E-state index in [4.69, 9.17) is 4.74 Å². The SMILES string of the molecule is COc1cc(N=Nc2sc(N(C(C)C)C(C)C)n[n+]2C)c(NS(C)(=O)=O)cc1NCc1ccccc1. The van der Waals surface area contributed by atoms with Crippen molar-refractivity contribution in [2.24, 2.45) is 17.3 Å². The largest absolute Gasteiger partial charge is 0.495 e. The topological polar surface area (TPSA) is 112 Å². The molecule has 36 heavy (non-hydrogen) atoms. The van der Waals surface area contributed by atoms with E-state index < -0.39 is 10.0 Å². The van der Waals surface area contributed by atoms with Crippen LogP contribution >= 0.6 is 11.3 Å². The molecule has 0 bridgehead atoms. The molecular formula is C24H34N7O3S2+. The first-order chi connectivity index (χ1) is 17.0. The van der Waals surface area contributed by atoms with Crippen LogP contribution in [0.25, 0.3) is 0 Å². The van der Waals surface area contributed by atoms with Crippen molar-refractivity contribution in [3.8, 4) is 5.75 Å². The average molecular weight is 533 g/mol. The number of ether oxygens (including phenoxy) is 1. The van der Waals surface area contributed by atoms with Gasteiger partial charge in [-0.15, -0.1) is 4.68 Å². The lowest BCUT2D eigenvalue weighted by Crippen LogP contribution is -2.39. The first-order valence-electron chi connectivity index (χ1n) is 11.5. The van der Waals surface area contributed by atoms with Crippen molar-refractivity contribution < 1.29 is 17.8 Å². The van der Waals surface area contributed by atoms with Gasteiger partial charge in [0.05, 0.1) is 29.9 Å². The summed E-state index contributed by atoms with van der Waals surface area (Å²) >= 11 is 1.42. The zero-order valence-corrected chi connectivity index (χ0v) is 23.3. The summed E-state index contributed by atoms with van der Waals surface area (Å²) in [6, 6.07) is 13.7. The van der Waals surface area contributed by atoms with Crippen molar-refractivity contribution in [1.82, 2.24) is 5.10 Å². The van der Waals surface area contributed by atoms with Gasteiger partial charge in [0, 0.05) is 24.7 Å². The minimum Gasteiger partial charge on any atom is -0.495 e. The summed E-state index contributed by atoms with van der Waals surface area (Å²) in [5.74, 6) is 0.513. The molecule has 0 saturated carbocycles. The number of methoxy groups -OCH3 is 1. The molecule has 3 aromatic rings. The lowest BCUT2D eigenvalue weighted by atomic mass is 10.2. The van der Waals surface area contributed by atoms with Gasteiger partial charge in [0.2, 0.25) is 15.2 Å². The minimum atomic E-state index is -3.56. The summed E-state index contributed by atoms with van der Waals surface area (Å²) < 4.78 is 33.9. The third kappa shape index (κ3) is 7.14. The number of benzene rings is 2. The summed E-state index contributed by atoms with van der Waals surface area (Å²) in [4.78, 5) is 2.20. The number of aromatic nitrogens is 2. The van der Waals surface area contributed by atoms with E-state index in [1.807, 2.05) is 30.3 Å². The maximum atomic E-state index is 12.1. The Kier molecular flexibility index (Phi) is 8.85. The van der Waals surface area contributed by atoms with Gasteiger partial charge in [-0.1, -0.05) is 35.4 Å². The number of anilines is 3. The van der Waals surface area contributed by atoms with Crippen molar-refractivity contribution >= 4 is 48.7 Å². The molecule has 10 nitrogen and oxygen atoms in total. The Bertz CT molecular complexity index is 1300. The Hall–Kier alpha value is -3.25. The third-order valence-electron chi connectivity index (χ3n) is 5.21. The number of azo groups is 1. The number of aryl methyl sites for hydroxylation is 1. The lowest BCUT2D eigenvalue weighted by Gasteiger charge is -2.28. The summed E-state index contributed by atoms with van der Waals surface area (Å²) in [5.41, 5.74) is 2.31. The number of nitrogens with one attached hydrogen (secondary N) is 2. The van der Waals surface area contributed by atoms with Crippen LogP contribution in [0.15, 0.2) is 52.7 Å². The monoisotopic (exact) mass is 532 g/mol.